The van der Waals surface area contributed by atoms with Gasteiger partial charge in [0.2, 0.25) is 11.8 Å². The fourth-order valence-corrected chi connectivity index (χ4v) is 6.76. The van der Waals surface area contributed by atoms with Crippen LogP contribution in [0.4, 0.5) is 17.6 Å². The Morgan fingerprint density at radius 1 is 1.25 bits per heavy atom. The second-order valence-electron chi connectivity index (χ2n) is 10.4. The molecule has 1 saturated heterocycles. The van der Waals surface area contributed by atoms with E-state index in [1.807, 2.05) is 19.1 Å². The van der Waals surface area contributed by atoms with Crippen LogP contribution < -0.4 is 15.4 Å². The molecule has 4 bridgehead atoms. The monoisotopic (exact) mass is 439 g/mol. The van der Waals surface area contributed by atoms with E-state index in [0.29, 0.717) is 47.9 Å². The molecular weight excluding hydrogens is 406 g/mol. The quantitative estimate of drug-likeness (QED) is 0.521. The van der Waals surface area contributed by atoms with Gasteiger partial charge in [-0.25, -0.2) is 0 Å². The Balaban J connectivity index is 1.23. The molecule has 5 fully saturated rings. The summed E-state index contributed by atoms with van der Waals surface area (Å²) in [4.78, 5) is 11.8. The molecule has 3 heterocycles. The van der Waals surface area contributed by atoms with E-state index >= 15 is 0 Å². The molecule has 0 aromatic carbocycles. The standard InChI is InChI=1S/C23H33N7O2/c1-13-6-19(29-28-13)24-18-9-20(32-12-16-4-3-5-30(16)2)26-22(25-18)27-21-15-7-14-8-17(21)23(31,10-14)11-15/h6,9,14-17,21,31H,3-5,7-8,10-12H2,1-2H3,(H3,24,25,26,27,28,29)/t14?,15?,16-,17?,21?,23?/m0/s1. The Morgan fingerprint density at radius 3 is 2.91 bits per heavy atom. The van der Waals surface area contributed by atoms with Crippen molar-refractivity contribution in [1.29, 1.82) is 0 Å². The highest BCUT2D eigenvalue weighted by Crippen LogP contribution is 2.60. The Labute approximate surface area is 188 Å². The van der Waals surface area contributed by atoms with Crippen molar-refractivity contribution >= 4 is 17.6 Å². The molecule has 1 aliphatic heterocycles. The van der Waals surface area contributed by atoms with E-state index in [2.05, 4.69) is 32.8 Å². The molecule has 4 N–H and O–H groups in total. The highest BCUT2D eigenvalue weighted by atomic mass is 16.5. The smallest absolute Gasteiger partial charge is 0.228 e. The van der Waals surface area contributed by atoms with Gasteiger partial charge in [0.1, 0.15) is 12.4 Å². The third-order valence-corrected chi connectivity index (χ3v) is 8.17. The van der Waals surface area contributed by atoms with Gasteiger partial charge >= 0.3 is 0 Å². The number of anilines is 3. The minimum absolute atomic E-state index is 0.218. The van der Waals surface area contributed by atoms with Crippen molar-refractivity contribution in [2.24, 2.45) is 17.8 Å². The molecule has 2 aromatic rings. The second-order valence-corrected chi connectivity index (χ2v) is 10.4. The van der Waals surface area contributed by atoms with Crippen molar-refractivity contribution in [2.75, 3.05) is 30.8 Å². The van der Waals surface area contributed by atoms with Crippen LogP contribution in [0.25, 0.3) is 0 Å². The van der Waals surface area contributed by atoms with Gasteiger partial charge in [-0.05, 0) is 70.9 Å². The Kier molecular flexibility index (Phi) is 4.80. The first kappa shape index (κ1) is 20.2. The molecule has 32 heavy (non-hydrogen) atoms. The van der Waals surface area contributed by atoms with Gasteiger partial charge in [0.25, 0.3) is 0 Å². The maximum atomic E-state index is 11.1. The molecule has 0 radical (unpaired) electrons. The SMILES string of the molecule is Cc1cc(Nc2cc(OC[C@@H]3CCCN3C)nc(NC3C4CC5CC3C(O)(C5)C4)n2)n[nH]1. The maximum Gasteiger partial charge on any atom is 0.228 e. The summed E-state index contributed by atoms with van der Waals surface area (Å²) in [6, 6.07) is 4.41. The van der Waals surface area contributed by atoms with Gasteiger partial charge in [-0.1, -0.05) is 0 Å². The molecule has 5 aliphatic rings. The van der Waals surface area contributed by atoms with Gasteiger partial charge in [-0.3, -0.25) is 5.10 Å². The maximum absolute atomic E-state index is 11.1. The first-order valence-electron chi connectivity index (χ1n) is 12.0. The van der Waals surface area contributed by atoms with Crippen molar-refractivity contribution in [2.45, 2.75) is 63.1 Å². The van der Waals surface area contributed by atoms with Crippen molar-refractivity contribution < 1.29 is 9.84 Å². The number of likely N-dealkylation sites (N-methyl/N-ethyl adjacent to an activating group) is 1. The normalized spacial score (nSPS) is 35.5. The van der Waals surface area contributed by atoms with Crippen LogP contribution in [0, 0.1) is 24.7 Å². The molecule has 4 saturated carbocycles. The van der Waals surface area contributed by atoms with Gasteiger partial charge in [0.05, 0.1) is 5.60 Å². The predicted octanol–water partition coefficient (Wildman–Crippen LogP) is 2.69. The van der Waals surface area contributed by atoms with Gasteiger partial charge in [-0.2, -0.15) is 15.1 Å². The number of hydrogen-bond donors (Lipinski definition) is 4. The van der Waals surface area contributed by atoms with Crippen molar-refractivity contribution in [3.63, 3.8) is 0 Å². The fraction of sp³-hybridized carbons (Fsp3) is 0.696. The Morgan fingerprint density at radius 2 is 2.16 bits per heavy atom. The van der Waals surface area contributed by atoms with Crippen molar-refractivity contribution in [3.05, 3.63) is 17.8 Å². The van der Waals surface area contributed by atoms with E-state index in [9.17, 15) is 5.11 Å². The fourth-order valence-electron chi connectivity index (χ4n) is 6.76. The predicted molar refractivity (Wildman–Crippen MR) is 121 cm³/mol. The lowest BCUT2D eigenvalue weighted by atomic mass is 9.79. The summed E-state index contributed by atoms with van der Waals surface area (Å²) in [5, 5.41) is 25.2. The number of aryl methyl sites for hydroxylation is 1. The highest BCUT2D eigenvalue weighted by Gasteiger charge is 2.62. The number of aromatic amines is 1. The molecule has 0 amide bonds. The van der Waals surface area contributed by atoms with Gasteiger partial charge < -0.3 is 25.4 Å². The topological polar surface area (TPSA) is 111 Å². The summed E-state index contributed by atoms with van der Waals surface area (Å²) in [7, 11) is 2.15. The number of H-pyrrole nitrogens is 1. The van der Waals surface area contributed by atoms with Crippen LogP contribution in [-0.2, 0) is 0 Å². The lowest BCUT2D eigenvalue weighted by Crippen LogP contribution is -2.37. The van der Waals surface area contributed by atoms with Crippen LogP contribution in [0.3, 0.4) is 0 Å². The number of hydrogen-bond acceptors (Lipinski definition) is 8. The average Bonchev–Trinajstić information content (AvgIpc) is 3.44. The summed E-state index contributed by atoms with van der Waals surface area (Å²) >= 11 is 0. The van der Waals surface area contributed by atoms with Crippen LogP contribution in [0.1, 0.15) is 44.2 Å². The number of aliphatic hydroxyl groups is 1. The highest BCUT2D eigenvalue weighted by molar-refractivity contribution is 5.55. The van der Waals surface area contributed by atoms with E-state index in [0.717, 1.165) is 37.9 Å². The zero-order valence-corrected chi connectivity index (χ0v) is 18.8. The molecule has 6 atom stereocenters. The minimum atomic E-state index is -0.500. The zero-order valence-electron chi connectivity index (χ0n) is 18.8. The molecule has 0 spiro atoms. The molecule has 9 heteroatoms. The van der Waals surface area contributed by atoms with E-state index in [1.54, 1.807) is 0 Å². The van der Waals surface area contributed by atoms with Gasteiger partial charge in [0.15, 0.2) is 5.82 Å². The molecule has 172 valence electrons. The number of rotatable bonds is 7. The number of likely N-dealkylation sites (tertiary alicyclic amines) is 1. The average molecular weight is 440 g/mol. The summed E-state index contributed by atoms with van der Waals surface area (Å²) in [5.41, 5.74) is 0.478. The second kappa shape index (κ2) is 7.59. The van der Waals surface area contributed by atoms with Crippen LogP contribution in [0.2, 0.25) is 0 Å². The van der Waals surface area contributed by atoms with Crippen LogP contribution in [-0.4, -0.2) is 68.1 Å². The molecular formula is C23H33N7O2. The number of nitrogens with one attached hydrogen (secondary N) is 3. The third-order valence-electron chi connectivity index (χ3n) is 8.17. The molecule has 5 unspecified atom stereocenters. The lowest BCUT2D eigenvalue weighted by Gasteiger charge is -2.32. The first-order chi connectivity index (χ1) is 15.4. The number of nitrogens with zero attached hydrogens (tertiary/aromatic N) is 4. The van der Waals surface area contributed by atoms with E-state index in [4.69, 9.17) is 14.7 Å². The third kappa shape index (κ3) is 3.61. The number of ether oxygens (including phenoxy) is 1. The van der Waals surface area contributed by atoms with E-state index in [-0.39, 0.29) is 12.0 Å². The van der Waals surface area contributed by atoms with Crippen LogP contribution >= 0.6 is 0 Å². The van der Waals surface area contributed by atoms with Crippen LogP contribution in [0.5, 0.6) is 5.88 Å². The summed E-state index contributed by atoms with van der Waals surface area (Å²) in [5.74, 6) is 3.93. The minimum Gasteiger partial charge on any atom is -0.476 e. The summed E-state index contributed by atoms with van der Waals surface area (Å²) in [6.45, 7) is 3.70. The largest absolute Gasteiger partial charge is 0.476 e. The Hall–Kier alpha value is -2.39. The molecule has 7 rings (SSSR count). The zero-order chi connectivity index (χ0) is 21.9. The lowest BCUT2D eigenvalue weighted by molar-refractivity contribution is 0.00988. The van der Waals surface area contributed by atoms with Crippen LogP contribution in [0.15, 0.2) is 12.1 Å². The number of aromatic nitrogens is 4. The van der Waals surface area contributed by atoms with Crippen molar-refractivity contribution in [3.8, 4) is 5.88 Å². The first-order valence-corrected chi connectivity index (χ1v) is 12.0. The Bertz CT molecular complexity index is 996. The van der Waals surface area contributed by atoms with Gasteiger partial charge in [0, 0.05) is 35.8 Å². The van der Waals surface area contributed by atoms with E-state index in [1.165, 1.54) is 12.8 Å². The van der Waals surface area contributed by atoms with Gasteiger partial charge in [-0.15, -0.1) is 0 Å². The summed E-state index contributed by atoms with van der Waals surface area (Å²) in [6.07, 6.45) is 6.51. The van der Waals surface area contributed by atoms with E-state index < -0.39 is 5.60 Å². The molecule has 4 aliphatic carbocycles. The molecule has 2 aromatic heterocycles. The summed E-state index contributed by atoms with van der Waals surface area (Å²) < 4.78 is 6.14. The molecule has 9 nitrogen and oxygen atoms in total. The van der Waals surface area contributed by atoms with Crippen molar-refractivity contribution in [1.82, 2.24) is 25.1 Å².